The van der Waals surface area contributed by atoms with E-state index in [0.717, 1.165) is 30.8 Å². The molecule has 2 amide bonds. The van der Waals surface area contributed by atoms with Crippen LogP contribution in [0.3, 0.4) is 0 Å². The van der Waals surface area contributed by atoms with Crippen molar-refractivity contribution in [2.24, 2.45) is 0 Å². The van der Waals surface area contributed by atoms with Gasteiger partial charge in [-0.15, -0.1) is 0 Å². The summed E-state index contributed by atoms with van der Waals surface area (Å²) in [5, 5.41) is 6.76. The van der Waals surface area contributed by atoms with Gasteiger partial charge in [-0.25, -0.2) is 0 Å². The lowest BCUT2D eigenvalue weighted by Gasteiger charge is -2.33. The molecule has 1 atom stereocenters. The molecule has 0 aromatic heterocycles. The minimum Gasteiger partial charge on any atom is -0.374 e. The third-order valence-electron chi connectivity index (χ3n) is 4.78. The molecule has 0 spiro atoms. The predicted octanol–water partition coefficient (Wildman–Crippen LogP) is 3.51. The maximum atomic E-state index is 12.3. The van der Waals surface area contributed by atoms with E-state index in [4.69, 9.17) is 27.9 Å². The minimum atomic E-state index is -0.124. The van der Waals surface area contributed by atoms with E-state index < -0.39 is 0 Å². The molecule has 0 saturated carbocycles. The molecule has 0 bridgehead atoms. The second-order valence-electron chi connectivity index (χ2n) is 7.34. The lowest BCUT2D eigenvalue weighted by molar-refractivity contribution is -0.121. The minimum absolute atomic E-state index is 0.0624. The summed E-state index contributed by atoms with van der Waals surface area (Å²) in [6.07, 6.45) is 0.215. The van der Waals surface area contributed by atoms with Crippen molar-refractivity contribution in [1.29, 1.82) is 0 Å². The van der Waals surface area contributed by atoms with Crippen LogP contribution in [0.15, 0.2) is 42.5 Å². The van der Waals surface area contributed by atoms with Gasteiger partial charge < -0.3 is 15.4 Å². The molecule has 1 heterocycles. The highest BCUT2D eigenvalue weighted by Crippen LogP contribution is 2.23. The van der Waals surface area contributed by atoms with Crippen molar-refractivity contribution in [2.75, 3.05) is 31.6 Å². The van der Waals surface area contributed by atoms with Crippen molar-refractivity contribution in [3.05, 3.63) is 63.6 Å². The Bertz CT molecular complexity index is 890. The molecule has 1 unspecified atom stereocenters. The number of benzene rings is 2. The van der Waals surface area contributed by atoms with Crippen molar-refractivity contribution >= 4 is 40.7 Å². The summed E-state index contributed by atoms with van der Waals surface area (Å²) >= 11 is 12.1. The van der Waals surface area contributed by atoms with Gasteiger partial charge in [0.25, 0.3) is 0 Å². The topological polar surface area (TPSA) is 70.7 Å². The molecule has 160 valence electrons. The first-order valence-electron chi connectivity index (χ1n) is 9.80. The molecule has 2 N–H and O–H groups in total. The van der Waals surface area contributed by atoms with E-state index in [1.807, 2.05) is 24.3 Å². The van der Waals surface area contributed by atoms with Gasteiger partial charge in [0, 0.05) is 38.8 Å². The molecule has 6 nitrogen and oxygen atoms in total. The molecular formula is C22H25Cl2N3O3. The fourth-order valence-electron chi connectivity index (χ4n) is 3.33. The number of ether oxygens (including phenoxy) is 1. The summed E-state index contributed by atoms with van der Waals surface area (Å²) in [5.74, 6) is -0.186. The van der Waals surface area contributed by atoms with Crippen molar-refractivity contribution < 1.29 is 14.3 Å². The van der Waals surface area contributed by atoms with E-state index >= 15 is 0 Å². The molecule has 1 fully saturated rings. The standard InChI is InChI=1S/C22H25Cl2N3O3/c1-15(28)26-18-5-2-16(3-6-18)11-22(29)25-12-19-14-27(8-9-30-19)13-17-4-7-20(23)21(24)10-17/h2-7,10,19H,8-9,11-14H2,1H3,(H,25,29)(H,26,28). The highest BCUT2D eigenvalue weighted by Gasteiger charge is 2.21. The van der Waals surface area contributed by atoms with E-state index in [2.05, 4.69) is 15.5 Å². The quantitative estimate of drug-likeness (QED) is 0.678. The Kier molecular flexibility index (Phi) is 8.10. The average Bonchev–Trinajstić information content (AvgIpc) is 2.71. The van der Waals surface area contributed by atoms with Crippen molar-refractivity contribution in [3.63, 3.8) is 0 Å². The summed E-state index contributed by atoms with van der Waals surface area (Å²) in [7, 11) is 0. The normalized spacial score (nSPS) is 16.8. The second kappa shape index (κ2) is 10.8. The number of hydrogen-bond donors (Lipinski definition) is 2. The number of anilines is 1. The number of hydrogen-bond acceptors (Lipinski definition) is 4. The summed E-state index contributed by atoms with van der Waals surface area (Å²) in [5.41, 5.74) is 2.69. The Labute approximate surface area is 186 Å². The maximum Gasteiger partial charge on any atom is 0.224 e. The van der Waals surface area contributed by atoms with Crippen LogP contribution in [0.1, 0.15) is 18.1 Å². The van der Waals surface area contributed by atoms with Gasteiger partial charge in [-0.1, -0.05) is 41.4 Å². The van der Waals surface area contributed by atoms with Crippen molar-refractivity contribution in [2.45, 2.75) is 26.0 Å². The molecule has 0 aliphatic carbocycles. The van der Waals surface area contributed by atoms with Gasteiger partial charge in [0.1, 0.15) is 0 Å². The monoisotopic (exact) mass is 449 g/mol. The number of carbonyl (C=O) groups is 2. The number of rotatable bonds is 7. The Morgan fingerprint density at radius 3 is 2.53 bits per heavy atom. The van der Waals surface area contributed by atoms with Crippen LogP contribution < -0.4 is 10.6 Å². The van der Waals surface area contributed by atoms with Gasteiger partial charge in [-0.3, -0.25) is 14.5 Å². The molecule has 0 radical (unpaired) electrons. The van der Waals surface area contributed by atoms with Crippen LogP contribution >= 0.6 is 23.2 Å². The molecule has 1 saturated heterocycles. The van der Waals surface area contributed by atoms with Crippen LogP contribution in [-0.2, 0) is 27.3 Å². The molecule has 8 heteroatoms. The summed E-state index contributed by atoms with van der Waals surface area (Å²) < 4.78 is 5.80. The van der Waals surface area contributed by atoms with Crippen LogP contribution in [0.5, 0.6) is 0 Å². The zero-order valence-corrected chi connectivity index (χ0v) is 18.3. The van der Waals surface area contributed by atoms with E-state index in [-0.39, 0.29) is 24.3 Å². The van der Waals surface area contributed by atoms with Crippen LogP contribution in [0.4, 0.5) is 5.69 Å². The molecule has 1 aliphatic rings. The SMILES string of the molecule is CC(=O)Nc1ccc(CC(=O)NCC2CN(Cc3ccc(Cl)c(Cl)c3)CCO2)cc1. The molecule has 2 aromatic rings. The molecule has 1 aliphatic heterocycles. The Hall–Kier alpha value is -2.12. The highest BCUT2D eigenvalue weighted by atomic mass is 35.5. The first-order chi connectivity index (χ1) is 14.4. The number of nitrogens with one attached hydrogen (secondary N) is 2. The Balaban J connectivity index is 1.44. The molecular weight excluding hydrogens is 425 g/mol. The van der Waals surface area contributed by atoms with Crippen LogP contribution in [0.2, 0.25) is 10.0 Å². The molecule has 2 aromatic carbocycles. The fourth-order valence-corrected chi connectivity index (χ4v) is 3.65. The first-order valence-corrected chi connectivity index (χ1v) is 10.6. The van der Waals surface area contributed by atoms with Crippen molar-refractivity contribution in [1.82, 2.24) is 10.2 Å². The van der Waals surface area contributed by atoms with Crippen molar-refractivity contribution in [3.8, 4) is 0 Å². The summed E-state index contributed by atoms with van der Waals surface area (Å²) in [6, 6.07) is 12.9. The molecule has 3 rings (SSSR count). The number of nitrogens with zero attached hydrogens (tertiary/aromatic N) is 1. The lowest BCUT2D eigenvalue weighted by Crippen LogP contribution is -2.47. The fraction of sp³-hybridized carbons (Fsp3) is 0.364. The number of morpholine rings is 1. The van der Waals surface area contributed by atoms with Crippen LogP contribution in [-0.4, -0.2) is 49.1 Å². The Morgan fingerprint density at radius 1 is 1.10 bits per heavy atom. The smallest absolute Gasteiger partial charge is 0.224 e. The summed E-state index contributed by atoms with van der Waals surface area (Å²) in [6.45, 7) is 4.84. The third kappa shape index (κ3) is 6.99. The zero-order chi connectivity index (χ0) is 21.5. The zero-order valence-electron chi connectivity index (χ0n) is 16.8. The van der Waals surface area contributed by atoms with Gasteiger partial charge in [0.2, 0.25) is 11.8 Å². The Morgan fingerprint density at radius 2 is 1.83 bits per heavy atom. The van der Waals surface area contributed by atoms with E-state index in [1.165, 1.54) is 6.92 Å². The largest absolute Gasteiger partial charge is 0.374 e. The third-order valence-corrected chi connectivity index (χ3v) is 5.52. The van der Waals surface area contributed by atoms with E-state index in [9.17, 15) is 9.59 Å². The van der Waals surface area contributed by atoms with Gasteiger partial charge in [-0.2, -0.15) is 0 Å². The number of halogens is 2. The van der Waals surface area contributed by atoms with Gasteiger partial charge >= 0.3 is 0 Å². The number of amides is 2. The number of carbonyl (C=O) groups excluding carboxylic acids is 2. The average molecular weight is 450 g/mol. The highest BCUT2D eigenvalue weighted by molar-refractivity contribution is 6.42. The van der Waals surface area contributed by atoms with E-state index in [1.54, 1.807) is 18.2 Å². The van der Waals surface area contributed by atoms with Gasteiger partial charge in [0.05, 0.1) is 29.2 Å². The van der Waals surface area contributed by atoms with Gasteiger partial charge in [0.15, 0.2) is 0 Å². The molecule has 30 heavy (non-hydrogen) atoms. The lowest BCUT2D eigenvalue weighted by atomic mass is 10.1. The summed E-state index contributed by atoms with van der Waals surface area (Å²) in [4.78, 5) is 25.6. The first kappa shape index (κ1) is 22.6. The van der Waals surface area contributed by atoms with Crippen LogP contribution in [0.25, 0.3) is 0 Å². The van der Waals surface area contributed by atoms with Gasteiger partial charge in [-0.05, 0) is 35.4 Å². The predicted molar refractivity (Wildman–Crippen MR) is 119 cm³/mol. The van der Waals surface area contributed by atoms with Crippen LogP contribution in [0, 0.1) is 0 Å². The maximum absolute atomic E-state index is 12.3. The van der Waals surface area contributed by atoms with E-state index in [0.29, 0.717) is 28.9 Å². The second-order valence-corrected chi connectivity index (χ2v) is 8.15.